The number of anilines is 2. The molecule has 1 atom stereocenters. The van der Waals surface area contributed by atoms with Gasteiger partial charge in [0, 0.05) is 6.07 Å². The molecule has 1 aliphatic rings. The van der Waals surface area contributed by atoms with Crippen LogP contribution in [0.15, 0.2) is 59.0 Å². The molecule has 0 spiro atoms. The average molecular weight is 406 g/mol. The number of nitrogens with one attached hydrogen (secondary N) is 1. The van der Waals surface area contributed by atoms with Gasteiger partial charge >= 0.3 is 6.18 Å². The standard InChI is InChI=1S/C21H15F5N2O/c22-14-8-9-16(15(23)11-14)27-19-28-18-17(29-19)7-4-10-20(18,12-21(24,25)26)13-5-2-1-3-6-13/h1-9,11H,10,12H2,(H,27,28). The summed E-state index contributed by atoms with van der Waals surface area (Å²) in [5, 5.41) is 2.57. The number of halogens is 5. The number of oxazole rings is 1. The summed E-state index contributed by atoms with van der Waals surface area (Å²) in [6.07, 6.45) is -2.34. The maximum atomic E-state index is 13.9. The third-order valence-electron chi connectivity index (χ3n) is 4.84. The van der Waals surface area contributed by atoms with Crippen LogP contribution in [0.5, 0.6) is 0 Å². The summed E-state index contributed by atoms with van der Waals surface area (Å²) in [5.74, 6) is -1.47. The summed E-state index contributed by atoms with van der Waals surface area (Å²) < 4.78 is 73.1. The summed E-state index contributed by atoms with van der Waals surface area (Å²) in [6.45, 7) is 0. The molecule has 1 aliphatic carbocycles. The first kappa shape index (κ1) is 19.2. The van der Waals surface area contributed by atoms with Gasteiger partial charge in [-0.25, -0.2) is 8.78 Å². The molecule has 0 amide bonds. The van der Waals surface area contributed by atoms with Gasteiger partial charge in [-0.15, -0.1) is 0 Å². The Labute approximate surface area is 162 Å². The third kappa shape index (κ3) is 3.74. The lowest BCUT2D eigenvalue weighted by atomic mass is 9.69. The molecule has 3 nitrogen and oxygen atoms in total. The number of fused-ring (bicyclic) bond motifs is 1. The molecule has 150 valence electrons. The molecule has 4 rings (SSSR count). The van der Waals surface area contributed by atoms with Crippen LogP contribution < -0.4 is 5.32 Å². The van der Waals surface area contributed by atoms with Crippen LogP contribution in [0.3, 0.4) is 0 Å². The van der Waals surface area contributed by atoms with Gasteiger partial charge in [-0.2, -0.15) is 18.2 Å². The Balaban J connectivity index is 1.79. The van der Waals surface area contributed by atoms with Crippen molar-refractivity contribution in [3.05, 3.63) is 83.3 Å². The second-order valence-corrected chi connectivity index (χ2v) is 6.83. The lowest BCUT2D eigenvalue weighted by molar-refractivity contribution is -0.145. The Morgan fingerprint density at radius 3 is 2.52 bits per heavy atom. The van der Waals surface area contributed by atoms with E-state index in [1.165, 1.54) is 0 Å². The summed E-state index contributed by atoms with van der Waals surface area (Å²) in [7, 11) is 0. The first-order chi connectivity index (χ1) is 13.8. The molecule has 2 aromatic carbocycles. The third-order valence-corrected chi connectivity index (χ3v) is 4.84. The number of hydrogen-bond donors (Lipinski definition) is 1. The van der Waals surface area contributed by atoms with Crippen molar-refractivity contribution in [2.24, 2.45) is 0 Å². The topological polar surface area (TPSA) is 38.1 Å². The highest BCUT2D eigenvalue weighted by Crippen LogP contribution is 2.48. The van der Waals surface area contributed by atoms with Gasteiger partial charge in [-0.05, 0) is 30.2 Å². The SMILES string of the molecule is Fc1ccc(Nc2nc3c(o2)C=CCC3(CC(F)(F)F)c2ccccc2)c(F)c1. The molecule has 1 unspecified atom stereocenters. The van der Waals surface area contributed by atoms with Crippen molar-refractivity contribution < 1.29 is 26.4 Å². The zero-order valence-electron chi connectivity index (χ0n) is 14.9. The van der Waals surface area contributed by atoms with E-state index in [9.17, 15) is 22.0 Å². The van der Waals surface area contributed by atoms with Crippen LogP contribution in [-0.2, 0) is 5.41 Å². The lowest BCUT2D eigenvalue weighted by Crippen LogP contribution is -2.35. The molecule has 0 bridgehead atoms. The first-order valence-corrected chi connectivity index (χ1v) is 8.79. The molecule has 8 heteroatoms. The van der Waals surface area contributed by atoms with Crippen molar-refractivity contribution in [3.63, 3.8) is 0 Å². The van der Waals surface area contributed by atoms with Crippen LogP contribution in [0.4, 0.5) is 33.7 Å². The summed E-state index contributed by atoms with van der Waals surface area (Å²) >= 11 is 0. The number of allylic oxidation sites excluding steroid dienone is 1. The monoisotopic (exact) mass is 406 g/mol. The Morgan fingerprint density at radius 1 is 1.07 bits per heavy atom. The second-order valence-electron chi connectivity index (χ2n) is 6.83. The van der Waals surface area contributed by atoms with Crippen molar-refractivity contribution in [2.45, 2.75) is 24.4 Å². The fourth-order valence-corrected chi connectivity index (χ4v) is 3.62. The Hall–Kier alpha value is -3.16. The maximum Gasteiger partial charge on any atom is 0.390 e. The highest BCUT2D eigenvalue weighted by Gasteiger charge is 2.48. The number of alkyl halides is 3. The van der Waals surface area contributed by atoms with Crippen molar-refractivity contribution in [1.82, 2.24) is 4.98 Å². The van der Waals surface area contributed by atoms with Gasteiger partial charge in [0.05, 0.1) is 23.2 Å². The largest absolute Gasteiger partial charge is 0.424 e. The zero-order valence-corrected chi connectivity index (χ0v) is 14.9. The van der Waals surface area contributed by atoms with Crippen LogP contribution in [0.25, 0.3) is 6.08 Å². The molecule has 29 heavy (non-hydrogen) atoms. The van der Waals surface area contributed by atoms with Crippen LogP contribution in [0.1, 0.15) is 29.9 Å². The number of nitrogens with zero attached hydrogens (tertiary/aromatic N) is 1. The highest BCUT2D eigenvalue weighted by atomic mass is 19.4. The van der Waals surface area contributed by atoms with Crippen molar-refractivity contribution in [3.8, 4) is 0 Å². The molecule has 1 heterocycles. The van der Waals surface area contributed by atoms with E-state index in [4.69, 9.17) is 4.42 Å². The van der Waals surface area contributed by atoms with E-state index in [1.807, 2.05) is 0 Å². The molecule has 0 radical (unpaired) electrons. The van der Waals surface area contributed by atoms with Crippen LogP contribution in [0, 0.1) is 11.6 Å². The number of hydrogen-bond acceptors (Lipinski definition) is 3. The molecule has 3 aromatic rings. The van der Waals surface area contributed by atoms with Gasteiger partial charge in [0.15, 0.2) is 5.76 Å². The van der Waals surface area contributed by atoms with E-state index >= 15 is 0 Å². The molecule has 0 fully saturated rings. The van der Waals surface area contributed by atoms with Gasteiger partial charge in [0.2, 0.25) is 0 Å². The fraction of sp³-hybridized carbons (Fsp3) is 0.190. The smallest absolute Gasteiger partial charge is 0.390 e. The minimum absolute atomic E-state index is 0.0837. The lowest BCUT2D eigenvalue weighted by Gasteiger charge is -2.34. The molecule has 0 saturated carbocycles. The van der Waals surface area contributed by atoms with E-state index in [2.05, 4.69) is 10.3 Å². The van der Waals surface area contributed by atoms with E-state index in [-0.39, 0.29) is 29.6 Å². The highest BCUT2D eigenvalue weighted by molar-refractivity contribution is 5.60. The number of rotatable bonds is 4. The Morgan fingerprint density at radius 2 is 1.83 bits per heavy atom. The molecular formula is C21H15F5N2O. The summed E-state index contributed by atoms with van der Waals surface area (Å²) in [6, 6.07) is 11.0. The molecule has 0 saturated heterocycles. The summed E-state index contributed by atoms with van der Waals surface area (Å²) in [4.78, 5) is 4.23. The first-order valence-electron chi connectivity index (χ1n) is 8.79. The second kappa shape index (κ2) is 7.02. The van der Waals surface area contributed by atoms with Crippen LogP contribution >= 0.6 is 0 Å². The fourth-order valence-electron chi connectivity index (χ4n) is 3.62. The molecule has 0 aliphatic heterocycles. The van der Waals surface area contributed by atoms with Crippen molar-refractivity contribution in [2.75, 3.05) is 5.32 Å². The molecular weight excluding hydrogens is 391 g/mol. The predicted octanol–water partition coefficient (Wildman–Crippen LogP) is 6.35. The maximum absolute atomic E-state index is 13.9. The molecule has 1 N–H and O–H groups in total. The van der Waals surface area contributed by atoms with E-state index in [0.29, 0.717) is 11.6 Å². The number of benzene rings is 2. The van der Waals surface area contributed by atoms with Gasteiger partial charge < -0.3 is 9.73 Å². The normalized spacial score (nSPS) is 18.5. The van der Waals surface area contributed by atoms with Crippen LogP contribution in [0.2, 0.25) is 0 Å². The average Bonchev–Trinajstić information content (AvgIpc) is 3.08. The van der Waals surface area contributed by atoms with Gasteiger partial charge in [-0.3, -0.25) is 0 Å². The predicted molar refractivity (Wildman–Crippen MR) is 97.7 cm³/mol. The van der Waals surface area contributed by atoms with Gasteiger partial charge in [0.25, 0.3) is 6.01 Å². The van der Waals surface area contributed by atoms with Crippen molar-refractivity contribution >= 4 is 17.8 Å². The van der Waals surface area contributed by atoms with E-state index in [0.717, 1.165) is 12.1 Å². The Kier molecular flexibility index (Phi) is 4.64. The minimum Gasteiger partial charge on any atom is -0.424 e. The zero-order chi connectivity index (χ0) is 20.6. The van der Waals surface area contributed by atoms with E-state index < -0.39 is 29.6 Å². The minimum atomic E-state index is -4.45. The van der Waals surface area contributed by atoms with Gasteiger partial charge in [0.1, 0.15) is 11.6 Å². The quantitative estimate of drug-likeness (QED) is 0.513. The van der Waals surface area contributed by atoms with E-state index in [1.54, 1.807) is 42.5 Å². The van der Waals surface area contributed by atoms with Crippen molar-refractivity contribution in [1.29, 1.82) is 0 Å². The Bertz CT molecular complexity index is 1060. The summed E-state index contributed by atoms with van der Waals surface area (Å²) in [5.41, 5.74) is -0.992. The number of aromatic nitrogens is 1. The molecule has 1 aromatic heterocycles. The van der Waals surface area contributed by atoms with Crippen LogP contribution in [-0.4, -0.2) is 11.2 Å². The van der Waals surface area contributed by atoms with Gasteiger partial charge in [-0.1, -0.05) is 36.4 Å².